The van der Waals surface area contributed by atoms with Gasteiger partial charge in [-0.15, -0.1) is 0 Å². The van der Waals surface area contributed by atoms with Gasteiger partial charge in [0, 0.05) is 5.56 Å². The Kier molecular flexibility index (Phi) is 3.75. The smallest absolute Gasteiger partial charge is 0.131 e. The maximum atomic E-state index is 13.0. The molecule has 0 aliphatic rings. The van der Waals surface area contributed by atoms with E-state index in [4.69, 9.17) is 11.6 Å². The molecule has 0 heterocycles. The van der Waals surface area contributed by atoms with E-state index in [0.717, 1.165) is 0 Å². The lowest BCUT2D eigenvalue weighted by molar-refractivity contribution is 0.625. The van der Waals surface area contributed by atoms with E-state index in [9.17, 15) is 4.39 Å². The third-order valence-corrected chi connectivity index (χ3v) is 2.04. The molecule has 1 rings (SSSR count). The van der Waals surface area contributed by atoms with Crippen molar-refractivity contribution in [3.63, 3.8) is 0 Å². The second-order valence-electron chi connectivity index (χ2n) is 2.07. The van der Waals surface area contributed by atoms with E-state index >= 15 is 0 Å². The van der Waals surface area contributed by atoms with E-state index in [1.807, 2.05) is 0 Å². The quantitative estimate of drug-likeness (QED) is 0.712. The van der Waals surface area contributed by atoms with Gasteiger partial charge in [0.15, 0.2) is 0 Å². The number of halogens is 4. The predicted molar refractivity (Wildman–Crippen MR) is 57.2 cm³/mol. The fraction of sp³-hybridized carbons (Fsp3) is 0. The van der Waals surface area contributed by atoms with Crippen molar-refractivity contribution in [1.29, 1.82) is 0 Å². The molecule has 0 atom stereocenters. The van der Waals surface area contributed by atoms with E-state index < -0.39 is 0 Å². The molecule has 0 N–H and O–H groups in total. The zero-order chi connectivity index (χ0) is 9.14. The minimum absolute atomic E-state index is 0.334. The van der Waals surface area contributed by atoms with Crippen molar-refractivity contribution in [3.05, 3.63) is 38.0 Å². The maximum Gasteiger partial charge on any atom is 0.131 e. The molecular formula is C8H4Br2ClF. The molecule has 1 aromatic carbocycles. The van der Waals surface area contributed by atoms with E-state index in [1.54, 1.807) is 18.2 Å². The molecule has 1 aromatic rings. The lowest BCUT2D eigenvalue weighted by Gasteiger charge is -1.98. The van der Waals surface area contributed by atoms with Crippen LogP contribution < -0.4 is 0 Å². The van der Waals surface area contributed by atoms with Crippen LogP contribution in [0.1, 0.15) is 5.56 Å². The van der Waals surface area contributed by atoms with E-state index in [2.05, 4.69) is 31.9 Å². The van der Waals surface area contributed by atoms with Gasteiger partial charge in [0.05, 0.1) is 8.41 Å². The first-order chi connectivity index (χ1) is 5.61. The Hall–Kier alpha value is 0.140. The number of rotatable bonds is 1. The Morgan fingerprint density at radius 3 is 2.58 bits per heavy atom. The molecule has 0 saturated heterocycles. The molecule has 0 unspecified atom stereocenters. The third kappa shape index (κ3) is 2.57. The summed E-state index contributed by atoms with van der Waals surface area (Å²) in [5.74, 6) is -0.334. The lowest BCUT2D eigenvalue weighted by Crippen LogP contribution is -1.82. The highest BCUT2D eigenvalue weighted by Gasteiger charge is 2.03. The first kappa shape index (κ1) is 10.2. The van der Waals surface area contributed by atoms with Crippen LogP contribution in [0, 0.1) is 5.82 Å². The molecule has 0 fully saturated rings. The number of hydrogen-bond donors (Lipinski definition) is 0. The predicted octanol–water partition coefficient (Wildman–Crippen LogP) is 4.57. The van der Waals surface area contributed by atoms with Gasteiger partial charge in [-0.25, -0.2) is 4.39 Å². The summed E-state index contributed by atoms with van der Waals surface area (Å²) in [4.78, 5) is 0. The molecule has 64 valence electrons. The highest BCUT2D eigenvalue weighted by atomic mass is 79.9. The first-order valence-electron chi connectivity index (χ1n) is 3.08. The molecule has 0 spiro atoms. The van der Waals surface area contributed by atoms with Gasteiger partial charge in [-0.05, 0) is 50.1 Å². The summed E-state index contributed by atoms with van der Waals surface area (Å²) in [6.07, 6.45) is 1.57. The fourth-order valence-corrected chi connectivity index (χ4v) is 1.43. The van der Waals surface area contributed by atoms with Crippen LogP contribution in [0.2, 0.25) is 5.02 Å². The third-order valence-electron chi connectivity index (χ3n) is 1.25. The number of benzene rings is 1. The highest BCUT2D eigenvalue weighted by Crippen LogP contribution is 2.25. The molecule has 0 saturated carbocycles. The standard InChI is InChI=1S/C8H4Br2ClF/c9-8(10)4-5-6(11)2-1-3-7(5)12/h1-4H. The Bertz CT molecular complexity index is 299. The number of hydrogen-bond acceptors (Lipinski definition) is 0. The molecule has 0 aliphatic carbocycles. The van der Waals surface area contributed by atoms with Gasteiger partial charge >= 0.3 is 0 Å². The summed E-state index contributed by atoms with van der Waals surface area (Å²) in [6, 6.07) is 4.57. The van der Waals surface area contributed by atoms with Crippen molar-refractivity contribution >= 4 is 49.5 Å². The van der Waals surface area contributed by atoms with Gasteiger partial charge in [-0.3, -0.25) is 0 Å². The van der Waals surface area contributed by atoms with Crippen LogP contribution in [0.25, 0.3) is 6.08 Å². The molecular weight excluding hydrogens is 310 g/mol. The molecule has 12 heavy (non-hydrogen) atoms. The highest BCUT2D eigenvalue weighted by molar-refractivity contribution is 9.28. The Labute approximate surface area is 91.7 Å². The fourth-order valence-electron chi connectivity index (χ4n) is 0.758. The summed E-state index contributed by atoms with van der Waals surface area (Å²) in [7, 11) is 0. The Morgan fingerprint density at radius 1 is 1.42 bits per heavy atom. The monoisotopic (exact) mass is 312 g/mol. The SMILES string of the molecule is Fc1cccc(Cl)c1C=C(Br)Br. The van der Waals surface area contributed by atoms with Crippen LogP contribution in [-0.4, -0.2) is 0 Å². The zero-order valence-corrected chi connectivity index (χ0v) is 9.75. The van der Waals surface area contributed by atoms with E-state index in [1.165, 1.54) is 6.07 Å². The second kappa shape index (κ2) is 4.40. The van der Waals surface area contributed by atoms with Crippen LogP contribution in [0.4, 0.5) is 4.39 Å². The molecule has 0 radical (unpaired) electrons. The van der Waals surface area contributed by atoms with Crippen molar-refractivity contribution in [2.45, 2.75) is 0 Å². The molecule has 0 amide bonds. The normalized spacial score (nSPS) is 9.67. The van der Waals surface area contributed by atoms with Gasteiger partial charge in [-0.1, -0.05) is 17.7 Å². The topological polar surface area (TPSA) is 0 Å². The molecule has 0 nitrogen and oxygen atoms in total. The van der Waals surface area contributed by atoms with Gasteiger partial charge in [-0.2, -0.15) is 0 Å². The maximum absolute atomic E-state index is 13.0. The van der Waals surface area contributed by atoms with Gasteiger partial charge in [0.25, 0.3) is 0 Å². The van der Waals surface area contributed by atoms with Crippen molar-refractivity contribution in [2.24, 2.45) is 0 Å². The van der Waals surface area contributed by atoms with Crippen molar-refractivity contribution in [1.82, 2.24) is 0 Å². The van der Waals surface area contributed by atoms with E-state index in [0.29, 0.717) is 14.0 Å². The second-order valence-corrected chi connectivity index (χ2v) is 5.25. The van der Waals surface area contributed by atoms with Crippen LogP contribution >= 0.6 is 43.5 Å². The van der Waals surface area contributed by atoms with Gasteiger partial charge in [0.1, 0.15) is 5.82 Å². The molecule has 0 bridgehead atoms. The average Bonchev–Trinajstić information content (AvgIpc) is 1.97. The summed E-state index contributed by atoms with van der Waals surface area (Å²) in [5.41, 5.74) is 0.378. The molecule has 0 aromatic heterocycles. The van der Waals surface area contributed by atoms with Crippen molar-refractivity contribution in [3.8, 4) is 0 Å². The van der Waals surface area contributed by atoms with Gasteiger partial charge in [0.2, 0.25) is 0 Å². The van der Waals surface area contributed by atoms with Gasteiger partial charge < -0.3 is 0 Å². The van der Waals surface area contributed by atoms with Crippen molar-refractivity contribution < 1.29 is 4.39 Å². The van der Waals surface area contributed by atoms with Crippen LogP contribution in [0.3, 0.4) is 0 Å². The van der Waals surface area contributed by atoms with E-state index in [-0.39, 0.29) is 5.82 Å². The Balaban J connectivity index is 3.22. The van der Waals surface area contributed by atoms with Crippen LogP contribution in [0.15, 0.2) is 21.6 Å². The average molecular weight is 314 g/mol. The minimum Gasteiger partial charge on any atom is -0.206 e. The summed E-state index contributed by atoms with van der Waals surface area (Å²) in [5, 5.41) is 0.395. The van der Waals surface area contributed by atoms with Crippen LogP contribution in [-0.2, 0) is 0 Å². The lowest BCUT2D eigenvalue weighted by atomic mass is 10.2. The first-order valence-corrected chi connectivity index (χ1v) is 5.04. The summed E-state index contributed by atoms with van der Waals surface area (Å²) in [6.45, 7) is 0. The summed E-state index contributed by atoms with van der Waals surface area (Å²) < 4.78 is 13.7. The van der Waals surface area contributed by atoms with Crippen molar-refractivity contribution in [2.75, 3.05) is 0 Å². The molecule has 0 aliphatic heterocycles. The zero-order valence-electron chi connectivity index (χ0n) is 5.82. The largest absolute Gasteiger partial charge is 0.206 e. The Morgan fingerprint density at radius 2 is 2.08 bits per heavy atom. The molecule has 4 heteroatoms. The summed E-state index contributed by atoms with van der Waals surface area (Å²) >= 11 is 12.0. The van der Waals surface area contributed by atoms with Crippen LogP contribution in [0.5, 0.6) is 0 Å². The minimum atomic E-state index is -0.334.